The third kappa shape index (κ3) is 3.32. The predicted octanol–water partition coefficient (Wildman–Crippen LogP) is 1.89. The summed E-state index contributed by atoms with van der Waals surface area (Å²) in [7, 11) is 1.92. The van der Waals surface area contributed by atoms with Gasteiger partial charge in [0.2, 0.25) is 5.91 Å². The molecule has 3 atom stereocenters. The molecule has 0 saturated carbocycles. The number of nitrogens with one attached hydrogen (secondary N) is 1. The Labute approximate surface area is 147 Å². The minimum absolute atomic E-state index is 0.0722. The van der Waals surface area contributed by atoms with E-state index in [4.69, 9.17) is 4.74 Å². The molecule has 2 saturated heterocycles. The van der Waals surface area contributed by atoms with Gasteiger partial charge in [0, 0.05) is 50.1 Å². The first kappa shape index (κ1) is 16.3. The Morgan fingerprint density at radius 2 is 2.12 bits per heavy atom. The van der Waals surface area contributed by atoms with E-state index in [1.165, 1.54) is 0 Å². The number of hydrogen-bond acceptors (Lipinski definition) is 4. The van der Waals surface area contributed by atoms with Crippen molar-refractivity contribution in [3.63, 3.8) is 0 Å². The summed E-state index contributed by atoms with van der Waals surface area (Å²) in [5, 5.41) is 7.73. The quantitative estimate of drug-likeness (QED) is 0.903. The number of carbonyl (C=O) groups is 1. The van der Waals surface area contributed by atoms with Crippen LogP contribution in [0.25, 0.3) is 0 Å². The highest BCUT2D eigenvalue weighted by Gasteiger charge is 2.35. The van der Waals surface area contributed by atoms with E-state index in [-0.39, 0.29) is 18.1 Å². The molecule has 6 heteroatoms. The van der Waals surface area contributed by atoms with Crippen molar-refractivity contribution in [3.8, 4) is 0 Å². The highest BCUT2D eigenvalue weighted by molar-refractivity contribution is 5.99. The number of aryl methyl sites for hydroxylation is 1. The molecule has 0 bridgehead atoms. The Morgan fingerprint density at radius 1 is 1.28 bits per heavy atom. The number of benzene rings is 1. The van der Waals surface area contributed by atoms with Crippen LogP contribution in [0.2, 0.25) is 0 Å². The van der Waals surface area contributed by atoms with Crippen LogP contribution in [-0.2, 0) is 16.6 Å². The van der Waals surface area contributed by atoms with Crippen LogP contribution in [0.15, 0.2) is 42.7 Å². The molecule has 2 aliphatic heterocycles. The maximum atomic E-state index is 12.7. The molecular formula is C19H24N4O2. The minimum Gasteiger partial charge on any atom is -0.373 e. The van der Waals surface area contributed by atoms with Crippen LogP contribution in [0.1, 0.15) is 24.5 Å². The first-order valence-electron chi connectivity index (χ1n) is 8.92. The molecule has 0 spiro atoms. The highest BCUT2D eigenvalue weighted by Crippen LogP contribution is 2.34. The summed E-state index contributed by atoms with van der Waals surface area (Å²) < 4.78 is 7.71. The van der Waals surface area contributed by atoms with Crippen molar-refractivity contribution in [1.29, 1.82) is 0 Å². The Hall–Kier alpha value is -2.18. The van der Waals surface area contributed by atoms with E-state index in [1.807, 2.05) is 54.7 Å². The van der Waals surface area contributed by atoms with E-state index >= 15 is 0 Å². The summed E-state index contributed by atoms with van der Waals surface area (Å²) in [5.74, 6) is 0.547. The second-order valence-electron chi connectivity index (χ2n) is 6.86. The monoisotopic (exact) mass is 340 g/mol. The van der Waals surface area contributed by atoms with Gasteiger partial charge in [-0.15, -0.1) is 0 Å². The van der Waals surface area contributed by atoms with E-state index < -0.39 is 0 Å². The highest BCUT2D eigenvalue weighted by atomic mass is 16.5. The summed E-state index contributed by atoms with van der Waals surface area (Å²) in [6, 6.07) is 9.79. The zero-order valence-electron chi connectivity index (χ0n) is 14.5. The minimum atomic E-state index is -0.102. The van der Waals surface area contributed by atoms with Gasteiger partial charge in [0.15, 0.2) is 0 Å². The average molecular weight is 340 g/mol. The molecule has 132 valence electrons. The molecular weight excluding hydrogens is 316 g/mol. The number of nitrogens with zero attached hydrogens (tertiary/aromatic N) is 3. The number of carbonyl (C=O) groups excluding carboxylic acids is 1. The number of aromatic nitrogens is 2. The number of amides is 1. The fourth-order valence-electron chi connectivity index (χ4n) is 3.83. The van der Waals surface area contributed by atoms with Gasteiger partial charge >= 0.3 is 0 Å². The topological polar surface area (TPSA) is 59.4 Å². The molecule has 2 aromatic rings. The van der Waals surface area contributed by atoms with Gasteiger partial charge in [-0.1, -0.05) is 18.2 Å². The number of anilines is 1. The second-order valence-corrected chi connectivity index (χ2v) is 6.86. The van der Waals surface area contributed by atoms with E-state index in [1.54, 1.807) is 4.68 Å². The van der Waals surface area contributed by atoms with E-state index in [0.29, 0.717) is 5.92 Å². The molecule has 6 nitrogen and oxygen atoms in total. The molecule has 1 aromatic carbocycles. The lowest BCUT2D eigenvalue weighted by Gasteiger charge is -2.21. The summed E-state index contributed by atoms with van der Waals surface area (Å²) in [4.78, 5) is 14.6. The summed E-state index contributed by atoms with van der Waals surface area (Å²) in [6.45, 7) is 2.33. The smallest absolute Gasteiger partial charge is 0.244 e. The molecule has 1 aromatic heterocycles. The van der Waals surface area contributed by atoms with Crippen LogP contribution in [0.3, 0.4) is 0 Å². The zero-order chi connectivity index (χ0) is 17.2. The van der Waals surface area contributed by atoms with Crippen LogP contribution in [0.4, 0.5) is 5.69 Å². The van der Waals surface area contributed by atoms with Crippen molar-refractivity contribution in [2.75, 3.05) is 24.6 Å². The number of para-hydroxylation sites is 1. The summed E-state index contributed by atoms with van der Waals surface area (Å²) in [6.07, 6.45) is 5.82. The SMILES string of the molecule is Cn1cc([C@@H]2OCC[C@@H]2CN[C@H]2CCN(c3ccccc3)C2=O)cn1. The maximum absolute atomic E-state index is 12.7. The second kappa shape index (κ2) is 6.98. The van der Waals surface area contributed by atoms with Crippen molar-refractivity contribution in [3.05, 3.63) is 48.3 Å². The van der Waals surface area contributed by atoms with Gasteiger partial charge in [-0.05, 0) is 25.0 Å². The van der Waals surface area contributed by atoms with Gasteiger partial charge in [0.1, 0.15) is 0 Å². The maximum Gasteiger partial charge on any atom is 0.244 e. The van der Waals surface area contributed by atoms with Crippen LogP contribution in [0, 0.1) is 5.92 Å². The Morgan fingerprint density at radius 3 is 2.88 bits per heavy atom. The number of hydrogen-bond donors (Lipinski definition) is 1. The normalized spacial score (nSPS) is 26.5. The van der Waals surface area contributed by atoms with Gasteiger partial charge < -0.3 is 15.0 Å². The molecule has 1 N–H and O–H groups in total. The van der Waals surface area contributed by atoms with Crippen molar-refractivity contribution in [2.24, 2.45) is 13.0 Å². The lowest BCUT2D eigenvalue weighted by Crippen LogP contribution is -2.40. The van der Waals surface area contributed by atoms with Crippen LogP contribution in [0.5, 0.6) is 0 Å². The van der Waals surface area contributed by atoms with Crippen LogP contribution < -0.4 is 10.2 Å². The molecule has 2 fully saturated rings. The Bertz CT molecular complexity index is 730. The lowest BCUT2D eigenvalue weighted by molar-refractivity contribution is -0.118. The lowest BCUT2D eigenvalue weighted by atomic mass is 9.97. The average Bonchev–Trinajstić information content (AvgIpc) is 3.34. The molecule has 0 aliphatic carbocycles. The fraction of sp³-hybridized carbons (Fsp3) is 0.474. The molecule has 0 unspecified atom stereocenters. The summed E-state index contributed by atoms with van der Waals surface area (Å²) in [5.41, 5.74) is 2.10. The van der Waals surface area contributed by atoms with E-state index in [9.17, 15) is 4.79 Å². The molecule has 0 radical (unpaired) electrons. The van der Waals surface area contributed by atoms with Gasteiger partial charge in [0.25, 0.3) is 0 Å². The molecule has 1 amide bonds. The standard InChI is InChI=1S/C19H24N4O2/c1-22-13-15(12-21-22)18-14(8-10-25-18)11-20-17-7-9-23(19(17)24)16-5-3-2-4-6-16/h2-6,12-14,17-18,20H,7-11H2,1H3/t14-,17+,18-/m1/s1. The molecule has 3 heterocycles. The van der Waals surface area contributed by atoms with Crippen molar-refractivity contribution in [2.45, 2.75) is 25.0 Å². The van der Waals surface area contributed by atoms with Gasteiger partial charge in [-0.3, -0.25) is 9.48 Å². The van der Waals surface area contributed by atoms with Gasteiger partial charge in [-0.25, -0.2) is 0 Å². The number of ether oxygens (including phenoxy) is 1. The molecule has 25 heavy (non-hydrogen) atoms. The third-order valence-electron chi connectivity index (χ3n) is 5.17. The van der Waals surface area contributed by atoms with Gasteiger partial charge in [-0.2, -0.15) is 5.10 Å². The van der Waals surface area contributed by atoms with E-state index in [0.717, 1.165) is 43.8 Å². The zero-order valence-corrected chi connectivity index (χ0v) is 14.5. The van der Waals surface area contributed by atoms with Crippen molar-refractivity contribution >= 4 is 11.6 Å². The van der Waals surface area contributed by atoms with E-state index in [2.05, 4.69) is 10.4 Å². The largest absolute Gasteiger partial charge is 0.373 e. The van der Waals surface area contributed by atoms with Crippen LogP contribution >= 0.6 is 0 Å². The molecule has 4 rings (SSSR count). The first-order valence-corrected chi connectivity index (χ1v) is 8.92. The Balaban J connectivity index is 1.36. The van der Waals surface area contributed by atoms with Crippen molar-refractivity contribution in [1.82, 2.24) is 15.1 Å². The molecule has 2 aliphatic rings. The predicted molar refractivity (Wildman–Crippen MR) is 95.2 cm³/mol. The number of rotatable bonds is 5. The summed E-state index contributed by atoms with van der Waals surface area (Å²) >= 11 is 0. The van der Waals surface area contributed by atoms with Crippen LogP contribution in [-0.4, -0.2) is 41.4 Å². The Kier molecular flexibility index (Phi) is 4.55. The van der Waals surface area contributed by atoms with Crippen molar-refractivity contribution < 1.29 is 9.53 Å². The third-order valence-corrected chi connectivity index (χ3v) is 5.17. The fourth-order valence-corrected chi connectivity index (χ4v) is 3.83. The van der Waals surface area contributed by atoms with Gasteiger partial charge in [0.05, 0.1) is 18.3 Å². The first-order chi connectivity index (χ1) is 12.2.